The molecule has 1 saturated heterocycles. The van der Waals surface area contributed by atoms with E-state index in [1.54, 1.807) is 11.0 Å². The van der Waals surface area contributed by atoms with Crippen molar-refractivity contribution in [3.8, 4) is 5.75 Å². The van der Waals surface area contributed by atoms with Crippen molar-refractivity contribution in [1.29, 1.82) is 0 Å². The molecule has 0 aliphatic carbocycles. The number of benzene rings is 1. The number of hydrogen-bond acceptors (Lipinski definition) is 4. The highest BCUT2D eigenvalue weighted by atomic mass is 32.2. The summed E-state index contributed by atoms with van der Waals surface area (Å²) < 4.78 is 6.15. The predicted octanol–water partition coefficient (Wildman–Crippen LogP) is 5.67. The highest BCUT2D eigenvalue weighted by molar-refractivity contribution is 8.26. The lowest BCUT2D eigenvalue weighted by Gasteiger charge is -2.21. The van der Waals surface area contributed by atoms with Crippen LogP contribution in [-0.4, -0.2) is 28.3 Å². The van der Waals surface area contributed by atoms with Gasteiger partial charge in [-0.3, -0.25) is 9.69 Å². The Hall–Kier alpha value is -1.59. The minimum atomic E-state index is 0.0296. The maximum Gasteiger partial charge on any atom is 0.266 e. The van der Waals surface area contributed by atoms with Crippen LogP contribution in [0.4, 0.5) is 0 Å². The number of carbonyl (C=O) groups excluding carboxylic acids is 1. The minimum absolute atomic E-state index is 0.0296. The number of hydrogen-bond donors (Lipinski definition) is 0. The SMILES string of the molecule is C=CCOc1ccc(/C=C2\SC(=S)N(C[C@H](CC)CCCC)C2=O)cc1. The molecular formula is C21H27NO2S2. The molecule has 1 aliphatic heterocycles. The molecular weight excluding hydrogens is 362 g/mol. The fourth-order valence-corrected chi connectivity index (χ4v) is 4.07. The van der Waals surface area contributed by atoms with Crippen LogP contribution in [-0.2, 0) is 4.79 Å². The largest absolute Gasteiger partial charge is 0.490 e. The summed E-state index contributed by atoms with van der Waals surface area (Å²) in [5, 5.41) is 0. The zero-order valence-electron chi connectivity index (χ0n) is 15.6. The van der Waals surface area contributed by atoms with E-state index in [0.717, 1.165) is 30.7 Å². The van der Waals surface area contributed by atoms with Gasteiger partial charge in [-0.05, 0) is 36.1 Å². The van der Waals surface area contributed by atoms with E-state index in [9.17, 15) is 4.79 Å². The summed E-state index contributed by atoms with van der Waals surface area (Å²) in [5.74, 6) is 1.33. The molecule has 1 heterocycles. The Morgan fingerprint density at radius 3 is 2.65 bits per heavy atom. The predicted molar refractivity (Wildman–Crippen MR) is 115 cm³/mol. The molecule has 3 nitrogen and oxygen atoms in total. The summed E-state index contributed by atoms with van der Waals surface area (Å²) >= 11 is 6.85. The van der Waals surface area contributed by atoms with Crippen molar-refractivity contribution >= 4 is 40.3 Å². The fourth-order valence-electron chi connectivity index (χ4n) is 2.80. The first-order chi connectivity index (χ1) is 12.6. The van der Waals surface area contributed by atoms with Gasteiger partial charge < -0.3 is 4.74 Å². The molecule has 5 heteroatoms. The van der Waals surface area contributed by atoms with Crippen molar-refractivity contribution in [3.63, 3.8) is 0 Å². The van der Waals surface area contributed by atoms with Crippen molar-refractivity contribution in [2.45, 2.75) is 39.5 Å². The van der Waals surface area contributed by atoms with Gasteiger partial charge in [0.1, 0.15) is 16.7 Å². The second kappa shape index (κ2) is 10.5. The highest BCUT2D eigenvalue weighted by Crippen LogP contribution is 2.34. The molecule has 0 saturated carbocycles. The van der Waals surface area contributed by atoms with Crippen molar-refractivity contribution in [2.75, 3.05) is 13.2 Å². The maximum atomic E-state index is 12.8. The molecule has 2 rings (SSSR count). The quantitative estimate of drug-likeness (QED) is 0.293. The first-order valence-corrected chi connectivity index (χ1v) is 10.4. The molecule has 0 bridgehead atoms. The first kappa shape index (κ1) is 20.7. The summed E-state index contributed by atoms with van der Waals surface area (Å²) in [4.78, 5) is 15.2. The first-order valence-electron chi connectivity index (χ1n) is 9.18. The molecule has 140 valence electrons. The van der Waals surface area contributed by atoms with Crippen LogP contribution in [0.25, 0.3) is 6.08 Å². The average Bonchev–Trinajstić information content (AvgIpc) is 2.91. The van der Waals surface area contributed by atoms with Crippen LogP contribution >= 0.6 is 24.0 Å². The van der Waals surface area contributed by atoms with Gasteiger partial charge in [0, 0.05) is 6.54 Å². The number of amides is 1. The number of thiocarbonyl (C=S) groups is 1. The second-order valence-corrected chi connectivity index (χ2v) is 8.05. The van der Waals surface area contributed by atoms with E-state index in [1.807, 2.05) is 30.3 Å². The van der Waals surface area contributed by atoms with E-state index in [4.69, 9.17) is 17.0 Å². The van der Waals surface area contributed by atoms with Gasteiger partial charge >= 0.3 is 0 Å². The second-order valence-electron chi connectivity index (χ2n) is 6.38. The van der Waals surface area contributed by atoms with Crippen molar-refractivity contribution in [2.24, 2.45) is 5.92 Å². The van der Waals surface area contributed by atoms with Crippen molar-refractivity contribution < 1.29 is 9.53 Å². The summed E-state index contributed by atoms with van der Waals surface area (Å²) in [6.07, 6.45) is 8.22. The van der Waals surface area contributed by atoms with E-state index in [0.29, 0.717) is 21.8 Å². The number of carbonyl (C=O) groups is 1. The smallest absolute Gasteiger partial charge is 0.266 e. The van der Waals surface area contributed by atoms with E-state index < -0.39 is 0 Å². The average molecular weight is 390 g/mol. The Labute approximate surface area is 166 Å². The van der Waals surface area contributed by atoms with Gasteiger partial charge in [0.25, 0.3) is 5.91 Å². The van der Waals surface area contributed by atoms with Gasteiger partial charge in [-0.2, -0.15) is 0 Å². The van der Waals surface area contributed by atoms with E-state index >= 15 is 0 Å². The number of rotatable bonds is 10. The van der Waals surface area contributed by atoms with Crippen LogP contribution < -0.4 is 4.74 Å². The van der Waals surface area contributed by atoms with Crippen LogP contribution in [0.3, 0.4) is 0 Å². The van der Waals surface area contributed by atoms with Gasteiger partial charge in [-0.25, -0.2) is 0 Å². The molecule has 1 aromatic rings. The molecule has 1 aromatic carbocycles. The molecule has 0 N–H and O–H groups in total. The fraction of sp³-hybridized carbons (Fsp3) is 0.429. The van der Waals surface area contributed by atoms with Gasteiger partial charge in [0.2, 0.25) is 0 Å². The van der Waals surface area contributed by atoms with E-state index in [2.05, 4.69) is 20.4 Å². The van der Waals surface area contributed by atoms with Gasteiger partial charge in [-0.1, -0.05) is 81.9 Å². The third-order valence-electron chi connectivity index (χ3n) is 4.40. The molecule has 1 fully saturated rings. The zero-order chi connectivity index (χ0) is 18.9. The van der Waals surface area contributed by atoms with Crippen LogP contribution in [0.1, 0.15) is 45.1 Å². The van der Waals surface area contributed by atoms with Gasteiger partial charge in [-0.15, -0.1) is 0 Å². The van der Waals surface area contributed by atoms with E-state index in [-0.39, 0.29) is 5.91 Å². The van der Waals surface area contributed by atoms with E-state index in [1.165, 1.54) is 24.6 Å². The molecule has 26 heavy (non-hydrogen) atoms. The zero-order valence-corrected chi connectivity index (χ0v) is 17.2. The Morgan fingerprint density at radius 2 is 2.04 bits per heavy atom. The monoisotopic (exact) mass is 389 g/mol. The van der Waals surface area contributed by atoms with Crippen LogP contribution in [0.15, 0.2) is 41.8 Å². The number of nitrogens with zero attached hydrogens (tertiary/aromatic N) is 1. The lowest BCUT2D eigenvalue weighted by Crippen LogP contribution is -2.33. The third kappa shape index (κ3) is 5.71. The summed E-state index contributed by atoms with van der Waals surface area (Å²) in [6.45, 7) is 9.23. The standard InChI is InChI=1S/C21H27NO2S2/c1-4-7-8-16(6-3)15-22-20(23)19(26-21(22)25)14-17-9-11-18(12-10-17)24-13-5-2/h5,9-12,14,16H,2,4,6-8,13,15H2,1,3H3/b19-14-/t16-/m1/s1. The molecule has 1 amide bonds. The Balaban J connectivity index is 2.04. The van der Waals surface area contributed by atoms with Crippen LogP contribution in [0.5, 0.6) is 5.75 Å². The van der Waals surface area contributed by atoms with Crippen LogP contribution in [0, 0.1) is 5.92 Å². The van der Waals surface area contributed by atoms with Crippen molar-refractivity contribution in [1.82, 2.24) is 4.90 Å². The summed E-state index contributed by atoms with van der Waals surface area (Å²) in [6, 6.07) is 7.68. The molecule has 0 radical (unpaired) electrons. The number of unbranched alkanes of at least 4 members (excludes halogenated alkanes) is 1. The minimum Gasteiger partial charge on any atom is -0.490 e. The number of ether oxygens (including phenoxy) is 1. The Kier molecular flexibility index (Phi) is 8.39. The normalized spacial score (nSPS) is 17.0. The van der Waals surface area contributed by atoms with Gasteiger partial charge in [0.05, 0.1) is 4.91 Å². The molecule has 0 aromatic heterocycles. The lowest BCUT2D eigenvalue weighted by atomic mass is 9.99. The maximum absolute atomic E-state index is 12.8. The summed E-state index contributed by atoms with van der Waals surface area (Å²) in [7, 11) is 0. The third-order valence-corrected chi connectivity index (χ3v) is 5.78. The Bertz CT molecular complexity index is 667. The Morgan fingerprint density at radius 1 is 1.31 bits per heavy atom. The molecule has 1 atom stereocenters. The topological polar surface area (TPSA) is 29.5 Å². The van der Waals surface area contributed by atoms with Crippen LogP contribution in [0.2, 0.25) is 0 Å². The highest BCUT2D eigenvalue weighted by Gasteiger charge is 2.33. The molecule has 1 aliphatic rings. The van der Waals surface area contributed by atoms with Gasteiger partial charge in [0.15, 0.2) is 0 Å². The molecule has 0 spiro atoms. The summed E-state index contributed by atoms with van der Waals surface area (Å²) in [5.41, 5.74) is 0.967. The lowest BCUT2D eigenvalue weighted by molar-refractivity contribution is -0.122. The van der Waals surface area contributed by atoms with Crippen molar-refractivity contribution in [3.05, 3.63) is 47.4 Å². The molecule has 0 unspecified atom stereocenters. The number of thioether (sulfide) groups is 1.